The van der Waals surface area contributed by atoms with Crippen LogP contribution >= 0.6 is 0 Å². The summed E-state index contributed by atoms with van der Waals surface area (Å²) in [7, 11) is 2.17. The Morgan fingerprint density at radius 3 is 2.29 bits per heavy atom. The molecule has 0 bridgehead atoms. The quantitative estimate of drug-likeness (QED) is 0.806. The Balaban J connectivity index is 1.65. The highest BCUT2D eigenvalue weighted by Gasteiger charge is 2.18. The maximum Gasteiger partial charge on any atom is 0.125 e. The molecule has 2 aromatic carbocycles. The molecule has 24 heavy (non-hydrogen) atoms. The van der Waals surface area contributed by atoms with Crippen molar-refractivity contribution in [2.45, 2.75) is 12.5 Å². The van der Waals surface area contributed by atoms with Gasteiger partial charge in [-0.2, -0.15) is 0 Å². The number of halogens is 1. The SMILES string of the molecule is CN1CCN(CCC(Oc2ccc(F)cc2)c2ccccc2)CC1. The van der Waals surface area contributed by atoms with Crippen LogP contribution in [0.4, 0.5) is 4.39 Å². The van der Waals surface area contributed by atoms with Crippen LogP contribution in [0, 0.1) is 5.82 Å². The first kappa shape index (κ1) is 16.9. The lowest BCUT2D eigenvalue weighted by Crippen LogP contribution is -2.45. The Bertz CT molecular complexity index is 609. The van der Waals surface area contributed by atoms with Crippen LogP contribution in [0.15, 0.2) is 54.6 Å². The first-order valence-electron chi connectivity index (χ1n) is 8.59. The van der Waals surface area contributed by atoms with Crippen molar-refractivity contribution in [3.63, 3.8) is 0 Å². The lowest BCUT2D eigenvalue weighted by molar-refractivity contribution is 0.123. The normalized spacial score (nSPS) is 17.6. The van der Waals surface area contributed by atoms with E-state index < -0.39 is 0 Å². The number of piperazine rings is 1. The molecule has 1 aliphatic heterocycles. The van der Waals surface area contributed by atoms with E-state index in [1.54, 1.807) is 12.1 Å². The van der Waals surface area contributed by atoms with E-state index in [1.807, 2.05) is 18.2 Å². The second-order valence-electron chi connectivity index (χ2n) is 6.40. The lowest BCUT2D eigenvalue weighted by Gasteiger charge is -2.33. The van der Waals surface area contributed by atoms with E-state index in [0.717, 1.165) is 44.7 Å². The third-order valence-corrected chi connectivity index (χ3v) is 4.57. The molecule has 1 unspecified atom stereocenters. The highest BCUT2D eigenvalue weighted by Crippen LogP contribution is 2.25. The van der Waals surface area contributed by atoms with Gasteiger partial charge in [-0.1, -0.05) is 30.3 Å². The predicted molar refractivity (Wildman–Crippen MR) is 94.8 cm³/mol. The molecule has 0 radical (unpaired) electrons. The van der Waals surface area contributed by atoms with Crippen molar-refractivity contribution in [2.24, 2.45) is 0 Å². The number of benzene rings is 2. The van der Waals surface area contributed by atoms with Crippen LogP contribution in [0.5, 0.6) is 5.75 Å². The zero-order chi connectivity index (χ0) is 16.8. The van der Waals surface area contributed by atoms with Gasteiger partial charge in [0.2, 0.25) is 0 Å². The number of ether oxygens (including phenoxy) is 1. The summed E-state index contributed by atoms with van der Waals surface area (Å²) in [5.74, 6) is 0.472. The number of hydrogen-bond donors (Lipinski definition) is 0. The van der Waals surface area contributed by atoms with Crippen LogP contribution in [-0.4, -0.2) is 49.6 Å². The monoisotopic (exact) mass is 328 g/mol. The van der Waals surface area contributed by atoms with E-state index in [1.165, 1.54) is 12.1 Å². The van der Waals surface area contributed by atoms with Crippen molar-refractivity contribution >= 4 is 0 Å². The average Bonchev–Trinajstić information content (AvgIpc) is 2.62. The molecule has 0 N–H and O–H groups in total. The van der Waals surface area contributed by atoms with Crippen LogP contribution in [0.1, 0.15) is 18.1 Å². The standard InChI is InChI=1S/C20H25FN2O/c1-22-13-15-23(16-14-22)12-11-20(17-5-3-2-4-6-17)24-19-9-7-18(21)8-10-19/h2-10,20H,11-16H2,1H3. The van der Waals surface area contributed by atoms with Crippen molar-refractivity contribution in [1.29, 1.82) is 0 Å². The highest BCUT2D eigenvalue weighted by atomic mass is 19.1. The van der Waals surface area contributed by atoms with Crippen LogP contribution in [0.2, 0.25) is 0 Å². The molecule has 1 atom stereocenters. The predicted octanol–water partition coefficient (Wildman–Crippen LogP) is 3.58. The molecule has 3 nitrogen and oxygen atoms in total. The van der Waals surface area contributed by atoms with Gasteiger partial charge >= 0.3 is 0 Å². The zero-order valence-electron chi connectivity index (χ0n) is 14.2. The van der Waals surface area contributed by atoms with Gasteiger partial charge in [0.15, 0.2) is 0 Å². The molecule has 1 saturated heterocycles. The fraction of sp³-hybridized carbons (Fsp3) is 0.400. The minimum absolute atomic E-state index is 0.0173. The van der Waals surface area contributed by atoms with Crippen LogP contribution in [0.25, 0.3) is 0 Å². The fourth-order valence-corrected chi connectivity index (χ4v) is 3.01. The maximum atomic E-state index is 13.1. The molecule has 0 aliphatic carbocycles. The van der Waals surface area contributed by atoms with E-state index >= 15 is 0 Å². The van der Waals surface area contributed by atoms with Gasteiger partial charge in [0.25, 0.3) is 0 Å². The average molecular weight is 328 g/mol. The molecule has 1 aliphatic rings. The Hall–Kier alpha value is -1.91. The summed E-state index contributed by atoms with van der Waals surface area (Å²) in [6.07, 6.45) is 0.904. The lowest BCUT2D eigenvalue weighted by atomic mass is 10.1. The van der Waals surface area contributed by atoms with Gasteiger partial charge in [-0.3, -0.25) is 0 Å². The third kappa shape index (κ3) is 4.79. The number of rotatable bonds is 6. The molecular weight excluding hydrogens is 303 g/mol. The van der Waals surface area contributed by atoms with Crippen LogP contribution in [0.3, 0.4) is 0 Å². The molecule has 1 heterocycles. The first-order chi connectivity index (χ1) is 11.7. The van der Waals surface area contributed by atoms with Crippen molar-refractivity contribution in [1.82, 2.24) is 9.80 Å². The second kappa shape index (κ2) is 8.27. The molecule has 0 spiro atoms. The summed E-state index contributed by atoms with van der Waals surface area (Å²) in [6.45, 7) is 5.46. The summed E-state index contributed by atoms with van der Waals surface area (Å²) >= 11 is 0. The van der Waals surface area contributed by atoms with E-state index in [0.29, 0.717) is 5.75 Å². The number of likely N-dealkylation sites (N-methyl/N-ethyl adjacent to an activating group) is 1. The van der Waals surface area contributed by atoms with E-state index in [4.69, 9.17) is 4.74 Å². The molecule has 3 rings (SSSR count). The Morgan fingerprint density at radius 1 is 0.958 bits per heavy atom. The van der Waals surface area contributed by atoms with Gasteiger partial charge in [0, 0.05) is 39.1 Å². The van der Waals surface area contributed by atoms with Crippen LogP contribution in [-0.2, 0) is 0 Å². The topological polar surface area (TPSA) is 15.7 Å². The summed E-state index contributed by atoms with van der Waals surface area (Å²) in [5, 5.41) is 0. The third-order valence-electron chi connectivity index (χ3n) is 4.57. The first-order valence-corrected chi connectivity index (χ1v) is 8.59. The Labute approximate surface area is 143 Å². The largest absolute Gasteiger partial charge is 0.486 e. The maximum absolute atomic E-state index is 13.1. The van der Waals surface area contributed by atoms with Crippen molar-refractivity contribution in [3.8, 4) is 5.75 Å². The minimum Gasteiger partial charge on any atom is -0.486 e. The molecule has 4 heteroatoms. The number of hydrogen-bond acceptors (Lipinski definition) is 3. The summed E-state index contributed by atoms with van der Waals surface area (Å²) in [4.78, 5) is 4.85. The van der Waals surface area contributed by atoms with Gasteiger partial charge in [-0.15, -0.1) is 0 Å². The van der Waals surface area contributed by atoms with Gasteiger partial charge in [0.05, 0.1) is 0 Å². The molecule has 0 amide bonds. The van der Waals surface area contributed by atoms with E-state index in [2.05, 4.69) is 29.0 Å². The van der Waals surface area contributed by atoms with Crippen molar-refractivity contribution < 1.29 is 9.13 Å². The zero-order valence-corrected chi connectivity index (χ0v) is 14.2. The summed E-state index contributed by atoms with van der Waals surface area (Å²) in [6, 6.07) is 16.5. The molecule has 128 valence electrons. The molecular formula is C20H25FN2O. The van der Waals surface area contributed by atoms with Crippen LogP contribution < -0.4 is 4.74 Å². The van der Waals surface area contributed by atoms with Crippen molar-refractivity contribution in [2.75, 3.05) is 39.8 Å². The molecule has 0 aromatic heterocycles. The molecule has 2 aromatic rings. The van der Waals surface area contributed by atoms with Gasteiger partial charge < -0.3 is 14.5 Å². The van der Waals surface area contributed by atoms with Crippen molar-refractivity contribution in [3.05, 3.63) is 66.0 Å². The van der Waals surface area contributed by atoms with E-state index in [-0.39, 0.29) is 11.9 Å². The summed E-state index contributed by atoms with van der Waals surface area (Å²) in [5.41, 5.74) is 1.16. The highest BCUT2D eigenvalue weighted by molar-refractivity contribution is 5.25. The van der Waals surface area contributed by atoms with E-state index in [9.17, 15) is 4.39 Å². The van der Waals surface area contributed by atoms with Gasteiger partial charge in [-0.25, -0.2) is 4.39 Å². The smallest absolute Gasteiger partial charge is 0.125 e. The Morgan fingerprint density at radius 2 is 1.62 bits per heavy atom. The number of nitrogens with zero attached hydrogens (tertiary/aromatic N) is 2. The molecule has 1 fully saturated rings. The Kier molecular flexibility index (Phi) is 5.83. The van der Waals surface area contributed by atoms with Gasteiger partial charge in [-0.05, 0) is 36.9 Å². The summed E-state index contributed by atoms with van der Waals surface area (Å²) < 4.78 is 19.3. The minimum atomic E-state index is -0.240. The fourth-order valence-electron chi connectivity index (χ4n) is 3.01. The molecule has 0 saturated carbocycles. The second-order valence-corrected chi connectivity index (χ2v) is 6.40. The van der Waals surface area contributed by atoms with Gasteiger partial charge in [0.1, 0.15) is 17.7 Å².